The first-order valence-electron chi connectivity index (χ1n) is 45.4. The lowest BCUT2D eigenvalue weighted by atomic mass is 9.80. The zero-order valence-corrected chi connectivity index (χ0v) is 74.7. The van der Waals surface area contributed by atoms with Gasteiger partial charge in [-0.05, 0) is 319 Å². The van der Waals surface area contributed by atoms with Gasteiger partial charge >= 0.3 is 0 Å². The zero-order valence-electron chi connectivity index (χ0n) is 74.7. The summed E-state index contributed by atoms with van der Waals surface area (Å²) in [4.78, 5) is 0. The molecule has 0 spiro atoms. The van der Waals surface area contributed by atoms with Crippen LogP contribution in [0.5, 0.6) is 0 Å². The molecule has 128 heavy (non-hydrogen) atoms. The van der Waals surface area contributed by atoms with Gasteiger partial charge in [0.25, 0.3) is 0 Å². The summed E-state index contributed by atoms with van der Waals surface area (Å²) >= 11 is 0. The summed E-state index contributed by atoms with van der Waals surface area (Å²) in [6, 6.07) is 151. The van der Waals surface area contributed by atoms with E-state index in [1.54, 1.807) is 0 Å². The van der Waals surface area contributed by atoms with Crippen LogP contribution in [-0.2, 0) is 16.2 Å². The Labute approximate surface area is 752 Å². The monoisotopic (exact) mass is 1640 g/mol. The quantitative estimate of drug-likeness (QED) is 0.126. The van der Waals surface area contributed by atoms with Crippen LogP contribution in [0.2, 0.25) is 0 Å². The van der Waals surface area contributed by atoms with E-state index in [4.69, 9.17) is 0 Å². The van der Waals surface area contributed by atoms with Crippen molar-refractivity contribution < 1.29 is 0 Å². The molecule has 0 heteroatoms. The second kappa shape index (κ2) is 31.1. The summed E-state index contributed by atoms with van der Waals surface area (Å²) in [5.74, 6) is 0. The van der Waals surface area contributed by atoms with Crippen molar-refractivity contribution in [3.63, 3.8) is 0 Å². The maximum absolute atomic E-state index is 2.47. The van der Waals surface area contributed by atoms with E-state index in [2.05, 4.69) is 483 Å². The molecular formula is C128H100. The van der Waals surface area contributed by atoms with E-state index in [-0.39, 0.29) is 16.2 Å². The number of hydrogen-bond acceptors (Lipinski definition) is 0. The van der Waals surface area contributed by atoms with E-state index in [1.165, 1.54) is 259 Å². The molecule has 0 saturated carbocycles. The lowest BCUT2D eigenvalue weighted by Gasteiger charge is -2.23. The van der Waals surface area contributed by atoms with Crippen molar-refractivity contribution >= 4 is 64.6 Å². The highest BCUT2D eigenvalue weighted by atomic mass is 14.4. The Morgan fingerprint density at radius 2 is 0.391 bits per heavy atom. The third kappa shape index (κ3) is 13.1. The van der Waals surface area contributed by atoms with Crippen molar-refractivity contribution in [1.29, 1.82) is 0 Å². The highest BCUT2D eigenvalue weighted by Gasteiger charge is 2.39. The van der Waals surface area contributed by atoms with Crippen molar-refractivity contribution in [1.82, 2.24) is 0 Å². The van der Waals surface area contributed by atoms with E-state index < -0.39 is 0 Å². The first-order chi connectivity index (χ1) is 62.3. The smallest absolute Gasteiger partial charge is 0.0159 e. The van der Waals surface area contributed by atoms with Crippen LogP contribution < -0.4 is 0 Å². The van der Waals surface area contributed by atoms with Gasteiger partial charge in [-0.3, -0.25) is 0 Å². The third-order valence-electron chi connectivity index (χ3n) is 28.8. The van der Waals surface area contributed by atoms with E-state index in [0.717, 1.165) is 0 Å². The van der Waals surface area contributed by atoms with Crippen molar-refractivity contribution in [3.8, 4) is 134 Å². The maximum atomic E-state index is 2.47. The summed E-state index contributed by atoms with van der Waals surface area (Å²) < 4.78 is 0. The van der Waals surface area contributed by atoms with Crippen LogP contribution in [0.25, 0.3) is 198 Å². The van der Waals surface area contributed by atoms with Gasteiger partial charge in [-0.2, -0.15) is 0 Å². The fraction of sp³-hybridized carbons (Fsp3) is 0.109. The first-order valence-corrected chi connectivity index (χ1v) is 45.4. The van der Waals surface area contributed by atoms with Gasteiger partial charge in [-0.15, -0.1) is 0 Å². The topological polar surface area (TPSA) is 0 Å². The van der Waals surface area contributed by atoms with Crippen LogP contribution in [0.4, 0.5) is 0 Å². The minimum Gasteiger partial charge on any atom is -0.0622 e. The number of rotatable bonds is 9. The Hall–Kier alpha value is -14.8. The fourth-order valence-corrected chi connectivity index (χ4v) is 22.1. The van der Waals surface area contributed by atoms with E-state index in [0.29, 0.717) is 0 Å². The molecule has 24 rings (SSSR count). The molecule has 0 unspecified atom stereocenters. The average Bonchev–Trinajstić information content (AvgIpc) is 1.65. The van der Waals surface area contributed by atoms with Crippen molar-refractivity contribution in [2.24, 2.45) is 0 Å². The van der Waals surface area contributed by atoms with Crippen LogP contribution >= 0.6 is 0 Å². The molecule has 0 aliphatic heterocycles. The number of benzene rings is 21. The van der Waals surface area contributed by atoms with Gasteiger partial charge in [0.05, 0.1) is 0 Å². The SMILES string of the molecule is Cc1ccc(-c2c3ccccc3c(-c3ccc4c(c3)C(C)(C)c3ccccc3-4)c3cc(-c4ccccc4)ccc23)c(C)c1.Cc1ccc(-c2c3ccccc3c(-c3ccc4c(c3)C(C)(C)c3ccccc3-4)c3cc(-c4ccccc4)ccc23)cc1.Cc1ccc(-c2c3ccccc3c(-c3ccc4c(c3)C(C)(C)c3ccccc3-4)c3cc(-c4ccccc4)ccc23)cc1C. The average molecular weight is 1640 g/mol. The minimum absolute atomic E-state index is 0.0510. The molecule has 0 amide bonds. The molecule has 0 fully saturated rings. The molecule has 0 atom stereocenters. The van der Waals surface area contributed by atoms with E-state index in [1.807, 2.05) is 0 Å². The first kappa shape index (κ1) is 79.1. The summed E-state index contributed by atoms with van der Waals surface area (Å²) in [6.45, 7) is 25.2. The van der Waals surface area contributed by atoms with Crippen LogP contribution in [0.1, 0.15) is 103 Å². The Kier molecular flexibility index (Phi) is 19.2. The van der Waals surface area contributed by atoms with Crippen molar-refractivity contribution in [2.75, 3.05) is 0 Å². The second-order valence-electron chi connectivity index (χ2n) is 37.5. The minimum atomic E-state index is -0.0539. The standard InChI is InChI=1S/2C43H34.C42H32/c1-27-18-21-32(28(2)24-27)42-36-16-9-8-15-35(36)41(38-25-30(19-23-37(38)42)29-12-6-5-7-13-29)31-20-22-34-33-14-10-11-17-39(33)43(3,4)40(34)26-31;1-27-18-19-31(24-28(27)2)41-35-15-8-9-16-36(35)42(38-25-30(20-23-37(38)41)29-12-6-5-7-13-29)32-21-22-34-33-14-10-11-17-39(33)43(3,4)40(34)26-32;1-27-17-19-29(20-18-27)40-34-14-7-8-15-35(34)41(37-25-30(21-24-36(37)40)28-11-5-4-6-12-28)31-22-23-33-32-13-9-10-16-38(32)42(2,3)39(33)26-31/h2*5-26H,1-4H3;4-26H,1-3H3. The van der Waals surface area contributed by atoms with Gasteiger partial charge in [0.2, 0.25) is 0 Å². The fourth-order valence-electron chi connectivity index (χ4n) is 22.1. The number of fused-ring (bicyclic) bond motifs is 15. The molecule has 3 aliphatic carbocycles. The zero-order chi connectivity index (χ0) is 87.0. The van der Waals surface area contributed by atoms with Gasteiger partial charge in [-0.1, -0.05) is 423 Å². The summed E-state index contributed by atoms with van der Waals surface area (Å²) in [7, 11) is 0. The Morgan fingerprint density at radius 3 is 0.750 bits per heavy atom. The number of hydrogen-bond donors (Lipinski definition) is 0. The second-order valence-corrected chi connectivity index (χ2v) is 37.5. The largest absolute Gasteiger partial charge is 0.0622 e. The molecule has 0 N–H and O–H groups in total. The molecule has 0 aromatic heterocycles. The third-order valence-corrected chi connectivity index (χ3v) is 28.8. The van der Waals surface area contributed by atoms with Gasteiger partial charge < -0.3 is 0 Å². The predicted molar refractivity (Wildman–Crippen MR) is 550 cm³/mol. The van der Waals surface area contributed by atoms with Gasteiger partial charge in [0, 0.05) is 16.2 Å². The summed E-state index contributed by atoms with van der Waals surface area (Å²) in [5.41, 5.74) is 45.9. The lowest BCUT2D eigenvalue weighted by Crippen LogP contribution is -2.14. The molecule has 21 aromatic rings. The van der Waals surface area contributed by atoms with Crippen molar-refractivity contribution in [3.05, 3.63) is 468 Å². The molecule has 0 nitrogen and oxygen atoms in total. The lowest BCUT2D eigenvalue weighted by molar-refractivity contribution is 0.660. The highest BCUT2D eigenvalue weighted by molar-refractivity contribution is 6.25. The molecule has 21 aromatic carbocycles. The van der Waals surface area contributed by atoms with Crippen LogP contribution in [-0.4, -0.2) is 0 Å². The van der Waals surface area contributed by atoms with E-state index in [9.17, 15) is 0 Å². The molecule has 612 valence electrons. The Morgan fingerprint density at radius 1 is 0.133 bits per heavy atom. The van der Waals surface area contributed by atoms with E-state index >= 15 is 0 Å². The van der Waals surface area contributed by atoms with Crippen LogP contribution in [0.3, 0.4) is 0 Å². The molecule has 3 aliphatic rings. The summed E-state index contributed by atoms with van der Waals surface area (Å²) in [6.07, 6.45) is 0. The van der Waals surface area contributed by atoms with Crippen LogP contribution in [0, 0.1) is 34.6 Å². The molecular weight excluding hydrogens is 1540 g/mol. The van der Waals surface area contributed by atoms with Gasteiger partial charge in [-0.25, -0.2) is 0 Å². The predicted octanol–water partition coefficient (Wildman–Crippen LogP) is 35.4. The normalized spacial score (nSPS) is 13.3. The van der Waals surface area contributed by atoms with Gasteiger partial charge in [0.15, 0.2) is 0 Å². The molecule has 0 heterocycles. The molecule has 0 radical (unpaired) electrons. The Bertz CT molecular complexity index is 8090. The Balaban J connectivity index is 0.000000113. The van der Waals surface area contributed by atoms with Gasteiger partial charge in [0.1, 0.15) is 0 Å². The summed E-state index contributed by atoms with van der Waals surface area (Å²) in [5, 5.41) is 15.5. The number of aryl methyl sites for hydroxylation is 5. The van der Waals surface area contributed by atoms with Crippen molar-refractivity contribution in [2.45, 2.75) is 92.4 Å². The maximum Gasteiger partial charge on any atom is 0.0159 e. The molecule has 0 bridgehead atoms. The highest BCUT2D eigenvalue weighted by Crippen LogP contribution is 2.57. The van der Waals surface area contributed by atoms with Crippen LogP contribution in [0.15, 0.2) is 406 Å². The molecule has 0 saturated heterocycles.